The summed E-state index contributed by atoms with van der Waals surface area (Å²) in [4.78, 5) is 82.3. The summed E-state index contributed by atoms with van der Waals surface area (Å²) in [5.74, 6) is 0.868. The van der Waals surface area contributed by atoms with Crippen LogP contribution in [0.5, 0.6) is 17.2 Å². The van der Waals surface area contributed by atoms with Crippen LogP contribution in [0.3, 0.4) is 0 Å². The van der Waals surface area contributed by atoms with Gasteiger partial charge in [0.15, 0.2) is 17.3 Å². The largest absolute Gasteiger partial charge is 0.492 e. The Morgan fingerprint density at radius 2 is 0.520 bits per heavy atom. The quantitative estimate of drug-likeness (QED) is 0.0150. The van der Waals surface area contributed by atoms with Crippen molar-refractivity contribution in [2.75, 3.05) is 178 Å². The predicted molar refractivity (Wildman–Crippen MR) is 372 cm³/mol. The van der Waals surface area contributed by atoms with Crippen LogP contribution in [0.1, 0.15) is 94.7 Å². The van der Waals surface area contributed by atoms with Crippen molar-refractivity contribution in [2.24, 2.45) is 5.41 Å². The zero-order valence-electron chi connectivity index (χ0n) is 57.5. The fraction of sp³-hybridized carbons (Fsp3) is 0.455. The van der Waals surface area contributed by atoms with E-state index in [0.29, 0.717) is 110 Å². The first kappa shape index (κ1) is 78.8. The van der Waals surface area contributed by atoms with E-state index >= 15 is 0 Å². The third kappa shape index (κ3) is 31.5. The van der Waals surface area contributed by atoms with Crippen LogP contribution >= 0.6 is 0 Å². The number of hydrogen-bond acceptors (Lipinski definition) is 21. The van der Waals surface area contributed by atoms with Crippen molar-refractivity contribution in [1.29, 1.82) is 0 Å². The van der Waals surface area contributed by atoms with E-state index in [1.807, 2.05) is 82.3 Å². The molecular formula is C77H99N3O18. The number of benzene rings is 6. The Hall–Kier alpha value is -8.22. The highest BCUT2D eigenvalue weighted by Gasteiger charge is 2.26. The average Bonchev–Trinajstić information content (AvgIpc) is 0.923. The summed E-state index contributed by atoms with van der Waals surface area (Å²) in [5, 5.41) is 0. The Morgan fingerprint density at radius 3 is 0.776 bits per heavy atom. The average molecular weight is 1350 g/mol. The number of ketones is 3. The highest BCUT2D eigenvalue weighted by molar-refractivity contribution is 6.10. The van der Waals surface area contributed by atoms with E-state index in [1.54, 1.807) is 109 Å². The maximum Gasteiger partial charge on any atom is 0.307 e. The first-order valence-corrected chi connectivity index (χ1v) is 33.9. The van der Waals surface area contributed by atoms with Crippen molar-refractivity contribution in [1.82, 2.24) is 14.7 Å². The number of carbonyl (C=O) groups is 6. The molecule has 0 radical (unpaired) electrons. The predicted octanol–water partition coefficient (Wildman–Crippen LogP) is 9.79. The Kier molecular flexibility index (Phi) is 37.7. The first-order chi connectivity index (χ1) is 47.8. The number of ether oxygens (including phenoxy) is 12. The highest BCUT2D eigenvalue weighted by Crippen LogP contribution is 2.21. The molecule has 0 atom stereocenters. The molecule has 21 heteroatoms. The van der Waals surface area contributed by atoms with Crippen LogP contribution in [-0.2, 0) is 57.0 Å². The second-order valence-corrected chi connectivity index (χ2v) is 23.2. The molecule has 98 heavy (non-hydrogen) atoms. The molecule has 0 fully saturated rings. The Balaban J connectivity index is 0.813. The molecule has 0 heterocycles. The molecule has 0 spiro atoms. The molecule has 0 unspecified atom stereocenters. The zero-order chi connectivity index (χ0) is 69.7. The number of esters is 3. The lowest BCUT2D eigenvalue weighted by Crippen LogP contribution is -2.35. The third-order valence-electron chi connectivity index (χ3n) is 15.7. The minimum Gasteiger partial charge on any atom is -0.492 e. The van der Waals surface area contributed by atoms with Gasteiger partial charge in [0.05, 0.1) is 98.5 Å². The molecule has 0 saturated heterocycles. The van der Waals surface area contributed by atoms with Gasteiger partial charge in [0.25, 0.3) is 0 Å². The minimum absolute atomic E-state index is 0.0470. The van der Waals surface area contributed by atoms with Crippen LogP contribution in [0.25, 0.3) is 0 Å². The number of rotatable bonds is 54. The fourth-order valence-corrected chi connectivity index (χ4v) is 9.89. The molecule has 0 aliphatic heterocycles. The Bertz CT molecular complexity index is 2860. The SMILES string of the molecule is CCN(CCOc1ccc(C(=O)c2ccccc2)cc1)CCC(=O)OCCOCCOCC(C)(COCCOCCOC(=O)CCN(CC)CCOc1ccc(C(=O)c2ccccc2)cc1)COCCOCCOC(=O)CCN(CC)CCOc1ccc(C(=O)c2ccccc2)cc1. The van der Waals surface area contributed by atoms with E-state index in [9.17, 15) is 28.8 Å². The lowest BCUT2D eigenvalue weighted by Gasteiger charge is -2.29. The van der Waals surface area contributed by atoms with Gasteiger partial charge in [0, 0.05) is 78.1 Å². The maximum atomic E-state index is 12.7. The van der Waals surface area contributed by atoms with E-state index in [-0.39, 0.29) is 154 Å². The van der Waals surface area contributed by atoms with Crippen molar-refractivity contribution >= 4 is 35.3 Å². The van der Waals surface area contributed by atoms with Crippen molar-refractivity contribution in [3.63, 3.8) is 0 Å². The molecule has 6 aromatic carbocycles. The molecule has 0 aliphatic rings. The molecule has 0 bridgehead atoms. The molecule has 0 saturated carbocycles. The van der Waals surface area contributed by atoms with Gasteiger partial charge in [-0.05, 0) is 92.4 Å². The third-order valence-corrected chi connectivity index (χ3v) is 15.7. The molecule has 0 N–H and O–H groups in total. The van der Waals surface area contributed by atoms with Gasteiger partial charge >= 0.3 is 17.9 Å². The van der Waals surface area contributed by atoms with Gasteiger partial charge in [-0.2, -0.15) is 0 Å². The topological polar surface area (TPSA) is 223 Å². The van der Waals surface area contributed by atoms with Crippen LogP contribution < -0.4 is 14.2 Å². The first-order valence-electron chi connectivity index (χ1n) is 33.9. The van der Waals surface area contributed by atoms with Crippen molar-refractivity contribution in [2.45, 2.75) is 47.0 Å². The van der Waals surface area contributed by atoms with Gasteiger partial charge in [-0.15, -0.1) is 0 Å². The smallest absolute Gasteiger partial charge is 0.307 e. The van der Waals surface area contributed by atoms with Crippen molar-refractivity contribution in [3.8, 4) is 17.2 Å². The fourth-order valence-electron chi connectivity index (χ4n) is 9.89. The summed E-state index contributed by atoms with van der Waals surface area (Å²) in [6.45, 7) is 18.3. The second-order valence-electron chi connectivity index (χ2n) is 23.2. The standard InChI is InChI=1S/C77H99N3O18/c1-5-78(41-44-93-68-29-23-65(24-30-68)74(84)62-17-11-8-12-18-62)38-35-71(81)96-56-53-87-47-50-90-59-77(4,60-91-51-48-88-54-57-97-72(82)36-39-79(6-2)42-45-94-69-31-25-66(26-32-69)75(85)63-19-13-9-14-20-63)61-92-52-49-89-55-58-98-73(83)37-40-80(7-3)43-46-95-70-33-27-67(28-34-70)76(86)64-21-15-10-16-22-64/h8-34H,5-7,35-61H2,1-4H3. The molecule has 0 aromatic heterocycles. The van der Waals surface area contributed by atoms with E-state index in [1.165, 1.54) is 0 Å². The van der Waals surface area contributed by atoms with Crippen LogP contribution in [0.4, 0.5) is 0 Å². The molecule has 6 rings (SSSR count). The lowest BCUT2D eigenvalue weighted by atomic mass is 9.94. The van der Waals surface area contributed by atoms with E-state index in [4.69, 9.17) is 56.8 Å². The summed E-state index contributed by atoms with van der Waals surface area (Å²) >= 11 is 0. The molecular weight excluding hydrogens is 1250 g/mol. The van der Waals surface area contributed by atoms with Crippen molar-refractivity contribution < 1.29 is 85.6 Å². The van der Waals surface area contributed by atoms with Gasteiger partial charge in [-0.25, -0.2) is 0 Å². The van der Waals surface area contributed by atoms with Gasteiger partial charge in [0.2, 0.25) is 0 Å². The van der Waals surface area contributed by atoms with E-state index in [0.717, 1.165) is 19.6 Å². The van der Waals surface area contributed by atoms with Crippen LogP contribution in [-0.4, -0.2) is 228 Å². The molecule has 21 nitrogen and oxygen atoms in total. The molecule has 530 valence electrons. The number of carbonyl (C=O) groups excluding carboxylic acids is 6. The molecule has 0 aliphatic carbocycles. The summed E-state index contributed by atoms with van der Waals surface area (Å²) in [5.41, 5.74) is 3.08. The summed E-state index contributed by atoms with van der Waals surface area (Å²) in [6, 6.07) is 48.7. The number of nitrogens with zero attached hydrogens (tertiary/aromatic N) is 3. The maximum absolute atomic E-state index is 12.7. The summed E-state index contributed by atoms with van der Waals surface area (Å²) < 4.78 is 69.4. The molecule has 0 amide bonds. The second kappa shape index (κ2) is 46.9. The van der Waals surface area contributed by atoms with Gasteiger partial charge < -0.3 is 56.8 Å². The summed E-state index contributed by atoms with van der Waals surface area (Å²) in [7, 11) is 0. The normalized spacial score (nSPS) is 11.4. The highest BCUT2D eigenvalue weighted by atomic mass is 16.6. The van der Waals surface area contributed by atoms with Crippen LogP contribution in [0.2, 0.25) is 0 Å². The number of hydrogen-bond donors (Lipinski definition) is 0. The summed E-state index contributed by atoms with van der Waals surface area (Å²) in [6.07, 6.45) is 0.654. The van der Waals surface area contributed by atoms with Crippen molar-refractivity contribution in [3.05, 3.63) is 197 Å². The van der Waals surface area contributed by atoms with Gasteiger partial charge in [0.1, 0.15) is 56.9 Å². The van der Waals surface area contributed by atoms with Gasteiger partial charge in [-0.3, -0.25) is 43.5 Å². The Labute approximate surface area is 577 Å². The monoisotopic (exact) mass is 1350 g/mol. The lowest BCUT2D eigenvalue weighted by molar-refractivity contribution is -0.146. The zero-order valence-corrected chi connectivity index (χ0v) is 57.5. The Morgan fingerprint density at radius 1 is 0.286 bits per heavy atom. The number of likely N-dealkylation sites (N-methyl/N-ethyl adjacent to an activating group) is 3. The van der Waals surface area contributed by atoms with E-state index in [2.05, 4.69) is 14.7 Å². The van der Waals surface area contributed by atoms with Gasteiger partial charge in [-0.1, -0.05) is 119 Å². The van der Waals surface area contributed by atoms with E-state index < -0.39 is 5.41 Å². The van der Waals surface area contributed by atoms with Crippen LogP contribution in [0.15, 0.2) is 164 Å². The minimum atomic E-state index is -0.572. The van der Waals surface area contributed by atoms with Crippen LogP contribution in [0, 0.1) is 5.41 Å². The molecule has 6 aromatic rings.